The molecule has 1 aromatic heterocycles. The lowest BCUT2D eigenvalue weighted by atomic mass is 9.87. The van der Waals surface area contributed by atoms with Gasteiger partial charge < -0.3 is 5.32 Å². The monoisotopic (exact) mass is 335 g/mol. The number of nitrogens with one attached hydrogen (secondary N) is 1. The first kappa shape index (κ1) is 16.5. The van der Waals surface area contributed by atoms with Gasteiger partial charge in [-0.15, -0.1) is 0 Å². The van der Waals surface area contributed by atoms with Crippen molar-refractivity contribution in [1.82, 2.24) is 0 Å². The maximum Gasteiger partial charge on any atom is 0.255 e. The van der Waals surface area contributed by atoms with Crippen molar-refractivity contribution in [3.8, 4) is 11.1 Å². The minimum absolute atomic E-state index is 0.0876. The number of hydrogen-bond acceptors (Lipinski definition) is 2. The first-order valence-electron chi connectivity index (χ1n) is 7.98. The molecule has 3 rings (SSSR count). The van der Waals surface area contributed by atoms with Gasteiger partial charge in [0.05, 0.1) is 0 Å². The third kappa shape index (κ3) is 3.74. The van der Waals surface area contributed by atoms with Gasteiger partial charge in [-0.1, -0.05) is 45.0 Å². The Balaban J connectivity index is 1.71. The standard InChI is InChI=1S/C21H21NOS/c1-21(2,3)18-8-10-19(11-9-18)22-20(23)16-6-4-15(5-7-16)17-12-13-24-14-17/h4-14H,1-3H3,(H,22,23). The molecule has 3 aromatic rings. The Morgan fingerprint density at radius 2 is 1.54 bits per heavy atom. The van der Waals surface area contributed by atoms with Gasteiger partial charge in [-0.05, 0) is 63.2 Å². The minimum atomic E-state index is -0.0876. The van der Waals surface area contributed by atoms with Crippen LogP contribution in [0.3, 0.4) is 0 Å². The van der Waals surface area contributed by atoms with Gasteiger partial charge >= 0.3 is 0 Å². The van der Waals surface area contributed by atoms with Gasteiger partial charge in [0, 0.05) is 11.3 Å². The number of benzene rings is 2. The predicted octanol–water partition coefficient (Wildman–Crippen LogP) is 5.96. The van der Waals surface area contributed by atoms with Gasteiger partial charge in [0.15, 0.2) is 0 Å². The first-order chi connectivity index (χ1) is 11.4. The van der Waals surface area contributed by atoms with E-state index in [4.69, 9.17) is 0 Å². The molecule has 2 aromatic carbocycles. The van der Waals surface area contributed by atoms with Crippen LogP contribution in [0.15, 0.2) is 65.4 Å². The molecule has 0 fully saturated rings. The largest absolute Gasteiger partial charge is 0.322 e. The second-order valence-corrected chi connectivity index (χ2v) is 7.65. The molecule has 2 nitrogen and oxygen atoms in total. The van der Waals surface area contributed by atoms with Gasteiger partial charge in [0.1, 0.15) is 0 Å². The normalized spacial score (nSPS) is 11.3. The van der Waals surface area contributed by atoms with E-state index in [1.807, 2.05) is 36.4 Å². The van der Waals surface area contributed by atoms with Crippen LogP contribution in [0.4, 0.5) is 5.69 Å². The molecule has 0 bridgehead atoms. The molecular weight excluding hydrogens is 314 g/mol. The van der Waals surface area contributed by atoms with E-state index in [0.29, 0.717) is 5.56 Å². The van der Waals surface area contributed by atoms with Crippen molar-refractivity contribution >= 4 is 22.9 Å². The van der Waals surface area contributed by atoms with Crippen molar-refractivity contribution < 1.29 is 4.79 Å². The van der Waals surface area contributed by atoms with Crippen LogP contribution in [0.2, 0.25) is 0 Å². The Kier molecular flexibility index (Phi) is 4.54. The Bertz CT molecular complexity index is 810. The van der Waals surface area contributed by atoms with E-state index < -0.39 is 0 Å². The fraction of sp³-hybridized carbons (Fsp3) is 0.190. The van der Waals surface area contributed by atoms with E-state index in [0.717, 1.165) is 11.3 Å². The molecule has 3 heteroatoms. The second kappa shape index (κ2) is 6.62. The quantitative estimate of drug-likeness (QED) is 0.628. The highest BCUT2D eigenvalue weighted by molar-refractivity contribution is 7.08. The average molecular weight is 335 g/mol. The smallest absolute Gasteiger partial charge is 0.255 e. The van der Waals surface area contributed by atoms with E-state index in [1.54, 1.807) is 11.3 Å². The summed E-state index contributed by atoms with van der Waals surface area (Å²) in [7, 11) is 0. The molecule has 24 heavy (non-hydrogen) atoms. The van der Waals surface area contributed by atoms with Crippen LogP contribution in [-0.2, 0) is 5.41 Å². The van der Waals surface area contributed by atoms with Gasteiger partial charge in [0.2, 0.25) is 0 Å². The number of amides is 1. The summed E-state index contributed by atoms with van der Waals surface area (Å²) < 4.78 is 0. The third-order valence-electron chi connectivity index (χ3n) is 4.01. The molecule has 0 aliphatic heterocycles. The summed E-state index contributed by atoms with van der Waals surface area (Å²) in [4.78, 5) is 12.4. The van der Waals surface area contributed by atoms with Crippen LogP contribution in [0.5, 0.6) is 0 Å². The maximum atomic E-state index is 12.4. The summed E-state index contributed by atoms with van der Waals surface area (Å²) in [5, 5.41) is 7.11. The Morgan fingerprint density at radius 3 is 2.08 bits per heavy atom. The molecule has 0 aliphatic rings. The summed E-state index contributed by atoms with van der Waals surface area (Å²) in [5.74, 6) is -0.0876. The van der Waals surface area contributed by atoms with Crippen molar-refractivity contribution in [3.63, 3.8) is 0 Å². The van der Waals surface area contributed by atoms with Crippen LogP contribution >= 0.6 is 11.3 Å². The Morgan fingerprint density at radius 1 is 0.875 bits per heavy atom. The molecular formula is C21H21NOS. The zero-order valence-corrected chi connectivity index (χ0v) is 15.0. The summed E-state index contributed by atoms with van der Waals surface area (Å²) in [6.45, 7) is 6.53. The lowest BCUT2D eigenvalue weighted by Crippen LogP contribution is -2.13. The van der Waals surface area contributed by atoms with E-state index in [-0.39, 0.29) is 11.3 Å². The fourth-order valence-corrected chi connectivity index (χ4v) is 3.16. The highest BCUT2D eigenvalue weighted by atomic mass is 32.1. The molecule has 0 saturated heterocycles. The number of anilines is 1. The van der Waals surface area contributed by atoms with Crippen molar-refractivity contribution in [1.29, 1.82) is 0 Å². The SMILES string of the molecule is CC(C)(C)c1ccc(NC(=O)c2ccc(-c3ccsc3)cc2)cc1. The number of hydrogen-bond donors (Lipinski definition) is 1. The van der Waals surface area contributed by atoms with Crippen LogP contribution in [0.1, 0.15) is 36.7 Å². The maximum absolute atomic E-state index is 12.4. The highest BCUT2D eigenvalue weighted by Crippen LogP contribution is 2.24. The van der Waals surface area contributed by atoms with Crippen LogP contribution in [-0.4, -0.2) is 5.91 Å². The molecule has 0 aliphatic carbocycles. The van der Waals surface area contributed by atoms with Gasteiger partial charge in [-0.2, -0.15) is 11.3 Å². The van der Waals surface area contributed by atoms with Crippen molar-refractivity contribution in [2.24, 2.45) is 0 Å². The molecule has 0 saturated carbocycles. The van der Waals surface area contributed by atoms with E-state index >= 15 is 0 Å². The Hall–Kier alpha value is -2.39. The van der Waals surface area contributed by atoms with Crippen LogP contribution in [0, 0.1) is 0 Å². The molecule has 1 N–H and O–H groups in total. The average Bonchev–Trinajstić information content (AvgIpc) is 3.09. The second-order valence-electron chi connectivity index (χ2n) is 6.87. The van der Waals surface area contributed by atoms with E-state index in [2.05, 4.69) is 55.0 Å². The molecule has 0 unspecified atom stereocenters. The molecule has 1 amide bonds. The van der Waals surface area contributed by atoms with Gasteiger partial charge in [-0.3, -0.25) is 4.79 Å². The Labute approximate surface area is 147 Å². The number of rotatable bonds is 3. The van der Waals surface area contributed by atoms with E-state index in [9.17, 15) is 4.79 Å². The lowest BCUT2D eigenvalue weighted by molar-refractivity contribution is 0.102. The predicted molar refractivity (Wildman–Crippen MR) is 103 cm³/mol. The topological polar surface area (TPSA) is 29.1 Å². The van der Waals surface area contributed by atoms with Crippen LogP contribution < -0.4 is 5.32 Å². The number of thiophene rings is 1. The zero-order chi connectivity index (χ0) is 17.2. The number of carbonyl (C=O) groups excluding carboxylic acids is 1. The number of carbonyl (C=O) groups is 1. The zero-order valence-electron chi connectivity index (χ0n) is 14.2. The molecule has 0 radical (unpaired) electrons. The highest BCUT2D eigenvalue weighted by Gasteiger charge is 2.13. The summed E-state index contributed by atoms with van der Waals surface area (Å²) in [6.07, 6.45) is 0. The van der Waals surface area contributed by atoms with Crippen molar-refractivity contribution in [3.05, 3.63) is 76.5 Å². The van der Waals surface area contributed by atoms with Crippen molar-refractivity contribution in [2.45, 2.75) is 26.2 Å². The first-order valence-corrected chi connectivity index (χ1v) is 8.92. The molecule has 1 heterocycles. The van der Waals surface area contributed by atoms with Gasteiger partial charge in [-0.25, -0.2) is 0 Å². The van der Waals surface area contributed by atoms with E-state index in [1.165, 1.54) is 11.1 Å². The third-order valence-corrected chi connectivity index (χ3v) is 4.69. The minimum Gasteiger partial charge on any atom is -0.322 e. The fourth-order valence-electron chi connectivity index (χ4n) is 2.50. The summed E-state index contributed by atoms with van der Waals surface area (Å²) in [6, 6.07) is 17.8. The van der Waals surface area contributed by atoms with Crippen molar-refractivity contribution in [2.75, 3.05) is 5.32 Å². The summed E-state index contributed by atoms with van der Waals surface area (Å²) >= 11 is 1.67. The summed E-state index contributed by atoms with van der Waals surface area (Å²) in [5.41, 5.74) is 5.15. The molecule has 122 valence electrons. The van der Waals surface area contributed by atoms with Crippen LogP contribution in [0.25, 0.3) is 11.1 Å². The molecule has 0 atom stereocenters. The molecule has 0 spiro atoms. The lowest BCUT2D eigenvalue weighted by Gasteiger charge is -2.19. The van der Waals surface area contributed by atoms with Gasteiger partial charge in [0.25, 0.3) is 5.91 Å².